The minimum atomic E-state index is -0.555. The first-order valence-corrected chi connectivity index (χ1v) is 8.41. The predicted octanol–water partition coefficient (Wildman–Crippen LogP) is 3.74. The van der Waals surface area contributed by atoms with Gasteiger partial charge < -0.3 is 10.2 Å². The van der Waals surface area contributed by atoms with Crippen LogP contribution in [0.4, 0.5) is 17.1 Å². The Morgan fingerprint density at radius 3 is 2.72 bits per heavy atom. The van der Waals surface area contributed by atoms with E-state index in [0.29, 0.717) is 23.1 Å². The highest BCUT2D eigenvalue weighted by atomic mass is 79.9. The zero-order valence-corrected chi connectivity index (χ0v) is 14.7. The summed E-state index contributed by atoms with van der Waals surface area (Å²) < 4.78 is 0.309. The molecule has 1 aliphatic heterocycles. The highest BCUT2D eigenvalue weighted by molar-refractivity contribution is 9.10. The average Bonchev–Trinajstić information content (AvgIpc) is 3.01. The van der Waals surface area contributed by atoms with E-state index in [0.717, 1.165) is 12.1 Å². The lowest BCUT2D eigenvalue weighted by atomic mass is 10.2. The number of hydrogen-bond acceptors (Lipinski definition) is 4. The molecule has 0 bridgehead atoms. The number of halogens is 1. The van der Waals surface area contributed by atoms with Gasteiger partial charge in [0.15, 0.2) is 0 Å². The van der Waals surface area contributed by atoms with Crippen LogP contribution in [0, 0.1) is 10.1 Å². The Bertz CT molecular complexity index is 869. The molecule has 0 aromatic heterocycles. The van der Waals surface area contributed by atoms with Crippen molar-refractivity contribution in [1.82, 2.24) is 0 Å². The monoisotopic (exact) mass is 403 g/mol. The quantitative estimate of drug-likeness (QED) is 0.621. The van der Waals surface area contributed by atoms with Crippen molar-refractivity contribution in [3.8, 4) is 0 Å². The number of carbonyl (C=O) groups excluding carboxylic acids is 2. The third kappa shape index (κ3) is 3.69. The molecule has 1 N–H and O–H groups in total. The number of amides is 2. The second kappa shape index (κ2) is 7.02. The summed E-state index contributed by atoms with van der Waals surface area (Å²) in [4.78, 5) is 36.3. The van der Waals surface area contributed by atoms with Crippen LogP contribution in [-0.4, -0.2) is 23.3 Å². The molecule has 25 heavy (non-hydrogen) atoms. The van der Waals surface area contributed by atoms with Crippen molar-refractivity contribution in [2.24, 2.45) is 0 Å². The number of nitro benzene ring substituents is 1. The van der Waals surface area contributed by atoms with Crippen molar-refractivity contribution in [3.05, 3.63) is 62.6 Å². The molecule has 0 saturated carbocycles. The molecule has 7 nitrogen and oxygen atoms in total. The molecule has 1 aliphatic rings. The summed E-state index contributed by atoms with van der Waals surface area (Å²) in [6, 6.07) is 11.2. The van der Waals surface area contributed by atoms with Gasteiger partial charge in [0.2, 0.25) is 5.91 Å². The largest absolute Gasteiger partial charge is 0.322 e. The summed E-state index contributed by atoms with van der Waals surface area (Å²) in [6.45, 7) is 0.662. The van der Waals surface area contributed by atoms with E-state index in [4.69, 9.17) is 0 Å². The first-order chi connectivity index (χ1) is 12.0. The number of hydrogen-bond donors (Lipinski definition) is 1. The number of nitro groups is 1. The van der Waals surface area contributed by atoms with Crippen molar-refractivity contribution in [2.45, 2.75) is 12.8 Å². The highest BCUT2D eigenvalue weighted by Crippen LogP contribution is 2.27. The summed E-state index contributed by atoms with van der Waals surface area (Å²) in [5, 5.41) is 13.7. The van der Waals surface area contributed by atoms with E-state index >= 15 is 0 Å². The zero-order chi connectivity index (χ0) is 18.0. The van der Waals surface area contributed by atoms with Crippen LogP contribution < -0.4 is 10.2 Å². The number of nitrogens with one attached hydrogen (secondary N) is 1. The third-order valence-electron chi connectivity index (χ3n) is 3.89. The maximum absolute atomic E-state index is 12.4. The van der Waals surface area contributed by atoms with Crippen molar-refractivity contribution in [3.63, 3.8) is 0 Å². The number of rotatable bonds is 4. The van der Waals surface area contributed by atoms with Gasteiger partial charge in [-0.15, -0.1) is 0 Å². The standard InChI is InChI=1S/C17H14BrN3O4/c18-14-7-6-11(9-15(14)21(24)25)17(23)19-12-3-1-4-13(10-12)20-8-2-5-16(20)22/h1,3-4,6-7,9-10H,2,5,8H2,(H,19,23). The second-order valence-corrected chi connectivity index (χ2v) is 6.43. The Labute approximate surface area is 151 Å². The Kier molecular flexibility index (Phi) is 4.80. The molecule has 128 valence electrons. The summed E-state index contributed by atoms with van der Waals surface area (Å²) in [5.41, 5.74) is 1.25. The van der Waals surface area contributed by atoms with Crippen molar-refractivity contribution in [2.75, 3.05) is 16.8 Å². The van der Waals surface area contributed by atoms with E-state index in [1.54, 1.807) is 23.1 Å². The normalized spacial score (nSPS) is 13.8. The van der Waals surface area contributed by atoms with Crippen LogP contribution in [-0.2, 0) is 4.79 Å². The van der Waals surface area contributed by atoms with E-state index < -0.39 is 10.8 Å². The smallest absolute Gasteiger partial charge is 0.284 e. The number of anilines is 2. The molecule has 0 unspecified atom stereocenters. The summed E-state index contributed by atoms with van der Waals surface area (Å²) in [6.07, 6.45) is 1.34. The van der Waals surface area contributed by atoms with Crippen LogP contribution in [0.25, 0.3) is 0 Å². The first kappa shape index (κ1) is 17.1. The van der Waals surface area contributed by atoms with Crippen molar-refractivity contribution >= 4 is 44.8 Å². The molecule has 8 heteroatoms. The van der Waals surface area contributed by atoms with Crippen LogP contribution >= 0.6 is 15.9 Å². The minimum absolute atomic E-state index is 0.0620. The van der Waals surface area contributed by atoms with E-state index in [1.807, 2.05) is 6.07 Å². The lowest BCUT2D eigenvalue weighted by Crippen LogP contribution is -2.23. The van der Waals surface area contributed by atoms with Gasteiger partial charge >= 0.3 is 0 Å². The summed E-state index contributed by atoms with van der Waals surface area (Å²) in [7, 11) is 0. The molecule has 0 aliphatic carbocycles. The fraction of sp³-hybridized carbons (Fsp3) is 0.176. The molecule has 1 fully saturated rings. The van der Waals surface area contributed by atoms with Gasteiger partial charge in [0.1, 0.15) is 0 Å². The number of nitrogens with zero attached hydrogens (tertiary/aromatic N) is 2. The van der Waals surface area contributed by atoms with Gasteiger partial charge in [-0.05, 0) is 52.7 Å². The molecule has 0 atom stereocenters. The Hall–Kier alpha value is -2.74. The van der Waals surface area contributed by atoms with E-state index in [1.165, 1.54) is 18.2 Å². The topological polar surface area (TPSA) is 92.6 Å². The summed E-state index contributed by atoms with van der Waals surface area (Å²) >= 11 is 3.09. The third-order valence-corrected chi connectivity index (χ3v) is 4.56. The zero-order valence-electron chi connectivity index (χ0n) is 13.1. The molecule has 3 rings (SSSR count). The Morgan fingerprint density at radius 1 is 1.24 bits per heavy atom. The SMILES string of the molecule is O=C(Nc1cccc(N2CCCC2=O)c1)c1ccc(Br)c([N+](=O)[O-])c1. The van der Waals surface area contributed by atoms with E-state index in [9.17, 15) is 19.7 Å². The van der Waals surface area contributed by atoms with E-state index in [-0.39, 0.29) is 17.2 Å². The summed E-state index contributed by atoms with van der Waals surface area (Å²) in [5.74, 6) is -0.396. The molecule has 2 amide bonds. The molecular formula is C17H14BrN3O4. The van der Waals surface area contributed by atoms with Crippen LogP contribution in [0.5, 0.6) is 0 Å². The molecule has 2 aromatic rings. The van der Waals surface area contributed by atoms with Gasteiger partial charge in [-0.25, -0.2) is 0 Å². The van der Waals surface area contributed by atoms with Gasteiger partial charge in [-0.2, -0.15) is 0 Å². The van der Waals surface area contributed by atoms with Gasteiger partial charge in [0.25, 0.3) is 11.6 Å². The molecule has 0 radical (unpaired) electrons. The lowest BCUT2D eigenvalue weighted by molar-refractivity contribution is -0.385. The maximum Gasteiger partial charge on any atom is 0.284 e. The van der Waals surface area contributed by atoms with Crippen LogP contribution in [0.15, 0.2) is 46.9 Å². The van der Waals surface area contributed by atoms with Gasteiger partial charge in [0.05, 0.1) is 9.40 Å². The first-order valence-electron chi connectivity index (χ1n) is 7.61. The van der Waals surface area contributed by atoms with Gasteiger partial charge in [0, 0.05) is 36.0 Å². The van der Waals surface area contributed by atoms with Crippen LogP contribution in [0.1, 0.15) is 23.2 Å². The minimum Gasteiger partial charge on any atom is -0.322 e. The van der Waals surface area contributed by atoms with Gasteiger partial charge in [-0.1, -0.05) is 6.07 Å². The van der Waals surface area contributed by atoms with Crippen molar-refractivity contribution < 1.29 is 14.5 Å². The van der Waals surface area contributed by atoms with Gasteiger partial charge in [-0.3, -0.25) is 19.7 Å². The predicted molar refractivity (Wildman–Crippen MR) is 96.8 cm³/mol. The Morgan fingerprint density at radius 2 is 2.04 bits per heavy atom. The molecule has 1 heterocycles. The van der Waals surface area contributed by atoms with Crippen LogP contribution in [0.2, 0.25) is 0 Å². The second-order valence-electron chi connectivity index (χ2n) is 5.58. The van der Waals surface area contributed by atoms with Crippen molar-refractivity contribution in [1.29, 1.82) is 0 Å². The average molecular weight is 404 g/mol. The molecular weight excluding hydrogens is 390 g/mol. The van der Waals surface area contributed by atoms with E-state index in [2.05, 4.69) is 21.2 Å². The fourth-order valence-electron chi connectivity index (χ4n) is 2.67. The Balaban J connectivity index is 1.81. The number of carbonyl (C=O) groups is 2. The maximum atomic E-state index is 12.4. The number of benzene rings is 2. The molecule has 0 spiro atoms. The molecule has 1 saturated heterocycles. The fourth-order valence-corrected chi connectivity index (χ4v) is 3.06. The molecule has 2 aromatic carbocycles. The lowest BCUT2D eigenvalue weighted by Gasteiger charge is -2.16. The van der Waals surface area contributed by atoms with Crippen LogP contribution in [0.3, 0.4) is 0 Å². The highest BCUT2D eigenvalue weighted by Gasteiger charge is 2.22.